The zero-order chi connectivity index (χ0) is 25.4. The van der Waals surface area contributed by atoms with Crippen molar-refractivity contribution in [2.24, 2.45) is 0 Å². The first-order valence-corrected chi connectivity index (χ1v) is 12.1. The number of nitrogens with zero attached hydrogens (tertiary/aromatic N) is 3. The van der Waals surface area contributed by atoms with E-state index >= 15 is 0 Å². The molecule has 8 nitrogen and oxygen atoms in total. The molecule has 184 valence electrons. The number of anilines is 1. The van der Waals surface area contributed by atoms with Crippen LogP contribution in [0.1, 0.15) is 23.9 Å². The number of urea groups is 1. The van der Waals surface area contributed by atoms with Gasteiger partial charge in [0.25, 0.3) is 0 Å². The summed E-state index contributed by atoms with van der Waals surface area (Å²) in [6.45, 7) is 0.314. The van der Waals surface area contributed by atoms with Crippen molar-refractivity contribution in [3.8, 4) is 17.0 Å². The first-order valence-electron chi connectivity index (χ1n) is 12.1. The van der Waals surface area contributed by atoms with Gasteiger partial charge in [0.1, 0.15) is 17.6 Å². The number of amides is 3. The van der Waals surface area contributed by atoms with Gasteiger partial charge in [0.15, 0.2) is 0 Å². The maximum atomic E-state index is 14.0. The highest BCUT2D eigenvalue weighted by molar-refractivity contribution is 6.16. The van der Waals surface area contributed by atoms with Gasteiger partial charge in [-0.15, -0.1) is 0 Å². The largest absolute Gasteiger partial charge is 0.497 e. The Morgan fingerprint density at radius 1 is 0.919 bits per heavy atom. The highest BCUT2D eigenvalue weighted by Gasteiger charge is 2.42. The van der Waals surface area contributed by atoms with Crippen LogP contribution in [0.4, 0.5) is 10.5 Å². The van der Waals surface area contributed by atoms with E-state index in [9.17, 15) is 9.59 Å². The summed E-state index contributed by atoms with van der Waals surface area (Å²) in [7, 11) is 1.58. The summed E-state index contributed by atoms with van der Waals surface area (Å²) in [6.07, 6.45) is 3.84. The summed E-state index contributed by atoms with van der Waals surface area (Å²) in [5.74, 6) is 0.945. The Hall–Kier alpha value is -4.85. The number of methoxy groups -OCH3 is 1. The highest BCUT2D eigenvalue weighted by atomic mass is 16.5. The zero-order valence-electron chi connectivity index (χ0n) is 20.2. The molecular weight excluding hydrogens is 466 g/mol. The predicted molar refractivity (Wildman–Crippen MR) is 141 cm³/mol. The smallest absolute Gasteiger partial charge is 0.332 e. The van der Waals surface area contributed by atoms with Gasteiger partial charge in [0, 0.05) is 28.9 Å². The number of fused-ring (bicyclic) bond motifs is 1. The van der Waals surface area contributed by atoms with Crippen molar-refractivity contribution in [2.75, 3.05) is 12.0 Å². The second kappa shape index (κ2) is 9.31. The average molecular weight is 492 g/mol. The number of para-hydroxylation sites is 1. The molecule has 5 aromatic rings. The van der Waals surface area contributed by atoms with Gasteiger partial charge in [-0.1, -0.05) is 48.5 Å². The molecule has 3 amide bonds. The van der Waals surface area contributed by atoms with Gasteiger partial charge in [-0.25, -0.2) is 14.7 Å². The Labute approximate surface area is 213 Å². The molecule has 0 spiro atoms. The molecule has 1 aliphatic heterocycles. The molecule has 6 rings (SSSR count). The molecule has 1 fully saturated rings. The quantitative estimate of drug-likeness (QED) is 0.320. The van der Waals surface area contributed by atoms with Gasteiger partial charge in [-0.05, 0) is 35.9 Å². The molecule has 1 saturated heterocycles. The van der Waals surface area contributed by atoms with Crippen LogP contribution in [0.15, 0.2) is 91.3 Å². The topological polar surface area (TPSA) is 94.3 Å². The third-order valence-corrected chi connectivity index (χ3v) is 6.76. The van der Waals surface area contributed by atoms with Gasteiger partial charge in [0.05, 0.1) is 31.5 Å². The van der Waals surface area contributed by atoms with Crippen molar-refractivity contribution in [3.05, 3.63) is 103 Å². The lowest BCUT2D eigenvalue weighted by molar-refractivity contribution is -0.120. The van der Waals surface area contributed by atoms with Crippen LogP contribution in [0.3, 0.4) is 0 Å². The second-order valence-corrected chi connectivity index (χ2v) is 8.95. The molecule has 0 bridgehead atoms. The number of imide groups is 1. The van der Waals surface area contributed by atoms with E-state index in [1.165, 1.54) is 4.90 Å². The minimum Gasteiger partial charge on any atom is -0.497 e. The molecule has 8 heteroatoms. The van der Waals surface area contributed by atoms with E-state index in [4.69, 9.17) is 9.72 Å². The van der Waals surface area contributed by atoms with Crippen LogP contribution in [-0.4, -0.2) is 38.9 Å². The number of carbonyl (C=O) groups excluding carboxylic acids is 2. The van der Waals surface area contributed by atoms with Crippen molar-refractivity contribution in [1.82, 2.24) is 19.9 Å². The van der Waals surface area contributed by atoms with E-state index in [-0.39, 0.29) is 12.3 Å². The fourth-order valence-electron chi connectivity index (χ4n) is 4.85. The minimum absolute atomic E-state index is 0.0991. The van der Waals surface area contributed by atoms with Gasteiger partial charge in [-0.2, -0.15) is 0 Å². The Kier molecular flexibility index (Phi) is 5.69. The summed E-state index contributed by atoms with van der Waals surface area (Å²) < 4.78 is 5.24. The number of hydrogen-bond donors (Lipinski definition) is 2. The van der Waals surface area contributed by atoms with E-state index in [1.54, 1.807) is 36.3 Å². The Balaban J connectivity index is 1.39. The van der Waals surface area contributed by atoms with Crippen molar-refractivity contribution in [3.63, 3.8) is 0 Å². The third-order valence-electron chi connectivity index (χ3n) is 6.76. The van der Waals surface area contributed by atoms with Gasteiger partial charge >= 0.3 is 6.03 Å². The number of rotatable bonds is 6. The number of aromatic amines is 2. The summed E-state index contributed by atoms with van der Waals surface area (Å²) in [5.41, 5.74) is 4.18. The average Bonchev–Trinajstić information content (AvgIpc) is 3.59. The van der Waals surface area contributed by atoms with Gasteiger partial charge < -0.3 is 19.6 Å². The monoisotopic (exact) mass is 491 g/mol. The fourth-order valence-corrected chi connectivity index (χ4v) is 4.85. The number of aromatic nitrogens is 3. The number of ether oxygens (including phenoxy) is 1. The first-order chi connectivity index (χ1) is 18.1. The summed E-state index contributed by atoms with van der Waals surface area (Å²) >= 11 is 0. The molecule has 1 aliphatic rings. The number of nitrogens with one attached hydrogen (secondary N) is 2. The molecule has 2 aromatic heterocycles. The van der Waals surface area contributed by atoms with Crippen molar-refractivity contribution < 1.29 is 14.3 Å². The number of H-pyrrole nitrogens is 2. The van der Waals surface area contributed by atoms with Crippen LogP contribution < -0.4 is 9.64 Å². The number of benzene rings is 3. The fraction of sp³-hybridized carbons (Fsp3) is 0.138. The SMILES string of the molecule is COc1ccc(N2C(=O)C[C@@H](c3nc(-c4ccccc4)c[nH]3)N(Cc3c[nH]c4ccccc34)C2=O)cc1. The predicted octanol–water partition coefficient (Wildman–Crippen LogP) is 5.67. The van der Waals surface area contributed by atoms with E-state index < -0.39 is 12.1 Å². The lowest BCUT2D eigenvalue weighted by atomic mass is 10.0. The third kappa shape index (κ3) is 4.12. The molecule has 1 atom stereocenters. The summed E-state index contributed by atoms with van der Waals surface area (Å²) in [6, 6.07) is 23.8. The summed E-state index contributed by atoms with van der Waals surface area (Å²) in [4.78, 5) is 41.6. The molecule has 0 saturated carbocycles. The first kappa shape index (κ1) is 22.6. The van der Waals surface area contributed by atoms with Crippen molar-refractivity contribution in [1.29, 1.82) is 0 Å². The van der Waals surface area contributed by atoms with E-state index in [0.29, 0.717) is 23.8 Å². The van der Waals surface area contributed by atoms with Crippen LogP contribution in [0.2, 0.25) is 0 Å². The highest BCUT2D eigenvalue weighted by Crippen LogP contribution is 2.35. The molecule has 37 heavy (non-hydrogen) atoms. The molecule has 3 aromatic carbocycles. The van der Waals surface area contributed by atoms with E-state index in [0.717, 1.165) is 27.7 Å². The van der Waals surface area contributed by atoms with Crippen LogP contribution in [0.5, 0.6) is 5.75 Å². The maximum Gasteiger partial charge on any atom is 0.332 e. The Bertz CT molecular complexity index is 1570. The van der Waals surface area contributed by atoms with E-state index in [1.807, 2.05) is 67.0 Å². The zero-order valence-corrected chi connectivity index (χ0v) is 20.2. The second-order valence-electron chi connectivity index (χ2n) is 8.95. The van der Waals surface area contributed by atoms with Gasteiger partial charge in [-0.3, -0.25) is 4.79 Å². The normalized spacial score (nSPS) is 16.0. The van der Waals surface area contributed by atoms with E-state index in [2.05, 4.69) is 9.97 Å². The molecule has 2 N–H and O–H groups in total. The molecule has 0 radical (unpaired) electrons. The van der Waals surface area contributed by atoms with Crippen molar-refractivity contribution >= 4 is 28.5 Å². The molecule has 0 unspecified atom stereocenters. The van der Waals surface area contributed by atoms with Gasteiger partial charge in [0.2, 0.25) is 5.91 Å². The molecule has 3 heterocycles. The molecular formula is C29H25N5O3. The maximum absolute atomic E-state index is 14.0. The lowest BCUT2D eigenvalue weighted by Crippen LogP contribution is -2.53. The number of carbonyl (C=O) groups is 2. The lowest BCUT2D eigenvalue weighted by Gasteiger charge is -2.39. The van der Waals surface area contributed by atoms with Crippen molar-refractivity contribution in [2.45, 2.75) is 19.0 Å². The van der Waals surface area contributed by atoms with Crippen LogP contribution in [0.25, 0.3) is 22.2 Å². The number of imidazole rings is 1. The minimum atomic E-state index is -0.541. The Morgan fingerprint density at radius 3 is 2.46 bits per heavy atom. The van der Waals surface area contributed by atoms with Crippen LogP contribution in [-0.2, 0) is 11.3 Å². The molecule has 0 aliphatic carbocycles. The van der Waals surface area contributed by atoms with Crippen LogP contribution in [0, 0.1) is 0 Å². The number of hydrogen-bond acceptors (Lipinski definition) is 4. The van der Waals surface area contributed by atoms with Crippen LogP contribution >= 0.6 is 0 Å². The summed E-state index contributed by atoms with van der Waals surface area (Å²) in [5, 5.41) is 1.03. The standard InChI is InChI=1S/C29H25N5O3/c1-37-22-13-11-21(12-14-22)34-27(35)15-26(28-31-17-25(32-28)19-7-3-2-4-8-19)33(29(34)36)18-20-16-30-24-10-6-5-9-23(20)24/h2-14,16-17,26,30H,15,18H2,1H3,(H,31,32)/t26-/m0/s1. The Morgan fingerprint density at radius 2 is 1.68 bits per heavy atom.